The second-order valence-electron chi connectivity index (χ2n) is 6.45. The summed E-state index contributed by atoms with van der Waals surface area (Å²) in [7, 11) is -2.55. The molecule has 2 aromatic rings. The summed E-state index contributed by atoms with van der Waals surface area (Å²) in [6, 6.07) is 8.97. The summed E-state index contributed by atoms with van der Waals surface area (Å²) in [5, 5.41) is 3.17. The summed E-state index contributed by atoms with van der Waals surface area (Å²) in [5.74, 6) is -0.121. The van der Waals surface area contributed by atoms with Crippen molar-refractivity contribution in [3.63, 3.8) is 0 Å². The smallest absolute Gasteiger partial charge is 0.247 e. The van der Waals surface area contributed by atoms with E-state index in [4.69, 9.17) is 16.3 Å². The number of hydrogen-bond acceptors (Lipinski definition) is 4. The van der Waals surface area contributed by atoms with E-state index in [9.17, 15) is 13.2 Å². The summed E-state index contributed by atoms with van der Waals surface area (Å²) in [4.78, 5) is 12.6. The van der Waals surface area contributed by atoms with Crippen LogP contribution in [0.2, 0.25) is 5.02 Å². The molecule has 1 unspecified atom stereocenters. The minimum absolute atomic E-state index is 0.0508. The van der Waals surface area contributed by atoms with Gasteiger partial charge in [0.1, 0.15) is 16.7 Å². The maximum Gasteiger partial charge on any atom is 0.247 e. The average Bonchev–Trinajstić information content (AvgIpc) is 2.63. The number of rotatable bonds is 4. The number of ether oxygens (including phenoxy) is 1. The monoisotopic (exact) mass is 408 g/mol. The van der Waals surface area contributed by atoms with E-state index < -0.39 is 16.1 Å². The van der Waals surface area contributed by atoms with Crippen LogP contribution in [0, 0.1) is 13.8 Å². The van der Waals surface area contributed by atoms with Crippen LogP contribution in [0.25, 0.3) is 0 Å². The zero-order valence-electron chi connectivity index (χ0n) is 15.3. The van der Waals surface area contributed by atoms with Gasteiger partial charge in [0.05, 0.1) is 7.11 Å². The third-order valence-electron chi connectivity index (χ3n) is 4.70. The van der Waals surface area contributed by atoms with Crippen molar-refractivity contribution in [3.8, 4) is 5.75 Å². The number of benzene rings is 2. The highest BCUT2D eigenvalue weighted by atomic mass is 35.5. The van der Waals surface area contributed by atoms with Gasteiger partial charge in [0.2, 0.25) is 15.9 Å². The predicted octanol–water partition coefficient (Wildman–Crippen LogP) is 2.83. The Morgan fingerprint density at radius 2 is 1.89 bits per heavy atom. The van der Waals surface area contributed by atoms with Crippen molar-refractivity contribution in [2.45, 2.75) is 24.8 Å². The molecule has 0 bridgehead atoms. The maximum absolute atomic E-state index is 13.5. The number of sulfonamides is 1. The number of halogens is 1. The van der Waals surface area contributed by atoms with Gasteiger partial charge in [-0.25, -0.2) is 8.42 Å². The molecule has 1 heterocycles. The first-order valence-electron chi connectivity index (χ1n) is 8.46. The van der Waals surface area contributed by atoms with Crippen LogP contribution in [0.4, 0.5) is 0 Å². The van der Waals surface area contributed by atoms with Gasteiger partial charge in [-0.05, 0) is 54.8 Å². The molecule has 0 aromatic heterocycles. The Morgan fingerprint density at radius 3 is 2.56 bits per heavy atom. The lowest BCUT2D eigenvalue weighted by Gasteiger charge is -2.34. The molecule has 0 radical (unpaired) electrons. The number of nitrogens with zero attached hydrogens (tertiary/aromatic N) is 1. The fourth-order valence-electron chi connectivity index (χ4n) is 3.15. The molecule has 1 N–H and O–H groups in total. The first-order chi connectivity index (χ1) is 12.8. The molecule has 1 atom stereocenters. The zero-order chi connectivity index (χ0) is 19.8. The van der Waals surface area contributed by atoms with Gasteiger partial charge in [-0.2, -0.15) is 4.31 Å². The predicted molar refractivity (Wildman–Crippen MR) is 104 cm³/mol. The fraction of sp³-hybridized carbons (Fsp3) is 0.316. The molecule has 0 aliphatic carbocycles. The van der Waals surface area contributed by atoms with Crippen LogP contribution < -0.4 is 10.1 Å². The lowest BCUT2D eigenvalue weighted by atomic mass is 10.0. The van der Waals surface area contributed by atoms with E-state index in [1.165, 1.54) is 11.4 Å². The van der Waals surface area contributed by atoms with Crippen LogP contribution in [-0.4, -0.2) is 38.8 Å². The Balaban J connectivity index is 2.14. The molecule has 1 saturated heterocycles. The normalized spacial score (nSPS) is 18.2. The standard InChI is InChI=1S/C19H21ClN2O4S/c1-12-9-16(26-3)17(10-13(12)2)27(24,25)22-8-7-21-19(23)18(22)14-5-4-6-15(20)11-14/h4-6,9-11,18H,7-8H2,1-3H3,(H,21,23). The van der Waals surface area contributed by atoms with E-state index in [2.05, 4.69) is 5.32 Å². The van der Waals surface area contributed by atoms with Crippen molar-refractivity contribution in [2.24, 2.45) is 0 Å². The molecule has 8 heteroatoms. The lowest BCUT2D eigenvalue weighted by molar-refractivity contribution is -0.126. The number of amides is 1. The number of aryl methyl sites for hydroxylation is 2. The number of carbonyl (C=O) groups is 1. The van der Waals surface area contributed by atoms with Gasteiger partial charge in [-0.1, -0.05) is 23.7 Å². The number of methoxy groups -OCH3 is 1. The highest BCUT2D eigenvalue weighted by Crippen LogP contribution is 2.35. The molecule has 2 aromatic carbocycles. The van der Waals surface area contributed by atoms with Crippen LogP contribution in [0.3, 0.4) is 0 Å². The van der Waals surface area contributed by atoms with E-state index in [0.717, 1.165) is 11.1 Å². The van der Waals surface area contributed by atoms with Crippen LogP contribution in [-0.2, 0) is 14.8 Å². The Kier molecular flexibility index (Phi) is 5.46. The Hall–Kier alpha value is -2.09. The van der Waals surface area contributed by atoms with Gasteiger partial charge in [-0.3, -0.25) is 4.79 Å². The molecule has 27 heavy (non-hydrogen) atoms. The van der Waals surface area contributed by atoms with Crippen LogP contribution in [0.5, 0.6) is 5.75 Å². The van der Waals surface area contributed by atoms with Gasteiger partial charge < -0.3 is 10.1 Å². The first-order valence-corrected chi connectivity index (χ1v) is 10.3. The molecule has 0 saturated carbocycles. The molecule has 144 valence electrons. The van der Waals surface area contributed by atoms with Crippen LogP contribution in [0.1, 0.15) is 22.7 Å². The van der Waals surface area contributed by atoms with E-state index in [0.29, 0.717) is 10.6 Å². The van der Waals surface area contributed by atoms with Crippen molar-refractivity contribution < 1.29 is 17.9 Å². The third kappa shape index (κ3) is 3.67. The zero-order valence-corrected chi connectivity index (χ0v) is 16.9. The second-order valence-corrected chi connectivity index (χ2v) is 8.75. The average molecular weight is 409 g/mol. The number of piperazine rings is 1. The minimum atomic E-state index is -3.98. The Bertz CT molecular complexity index is 991. The highest BCUT2D eigenvalue weighted by molar-refractivity contribution is 7.89. The quantitative estimate of drug-likeness (QED) is 0.844. The van der Waals surface area contributed by atoms with Crippen molar-refractivity contribution in [1.29, 1.82) is 0 Å². The van der Waals surface area contributed by atoms with Crippen molar-refractivity contribution in [1.82, 2.24) is 9.62 Å². The van der Waals surface area contributed by atoms with Gasteiger partial charge in [0.25, 0.3) is 0 Å². The van der Waals surface area contributed by atoms with Crippen molar-refractivity contribution in [3.05, 3.63) is 58.1 Å². The Labute approximate surface area is 164 Å². The molecule has 1 amide bonds. The summed E-state index contributed by atoms with van der Waals surface area (Å²) >= 11 is 6.06. The minimum Gasteiger partial charge on any atom is -0.495 e. The van der Waals surface area contributed by atoms with Crippen molar-refractivity contribution >= 4 is 27.5 Å². The molecule has 6 nitrogen and oxygen atoms in total. The largest absolute Gasteiger partial charge is 0.495 e. The molecule has 0 spiro atoms. The van der Waals surface area contributed by atoms with Crippen LogP contribution >= 0.6 is 11.6 Å². The lowest BCUT2D eigenvalue weighted by Crippen LogP contribution is -2.52. The molecule has 1 aliphatic heterocycles. The van der Waals surface area contributed by atoms with E-state index >= 15 is 0 Å². The fourth-order valence-corrected chi connectivity index (χ4v) is 5.15. The molecule has 1 fully saturated rings. The summed E-state index contributed by atoms with van der Waals surface area (Å²) in [6.07, 6.45) is 0. The van der Waals surface area contributed by atoms with E-state index in [1.807, 2.05) is 13.8 Å². The Morgan fingerprint density at radius 1 is 1.19 bits per heavy atom. The second kappa shape index (κ2) is 7.50. The summed E-state index contributed by atoms with van der Waals surface area (Å²) in [6.45, 7) is 4.12. The topological polar surface area (TPSA) is 75.7 Å². The number of nitrogens with one attached hydrogen (secondary N) is 1. The molecular formula is C19H21ClN2O4S. The van der Waals surface area contributed by atoms with Gasteiger partial charge in [0, 0.05) is 18.1 Å². The van der Waals surface area contributed by atoms with Gasteiger partial charge in [-0.15, -0.1) is 0 Å². The van der Waals surface area contributed by atoms with E-state index in [1.54, 1.807) is 36.4 Å². The van der Waals surface area contributed by atoms with Crippen LogP contribution in [0.15, 0.2) is 41.3 Å². The van der Waals surface area contributed by atoms with Crippen molar-refractivity contribution in [2.75, 3.05) is 20.2 Å². The molecular weight excluding hydrogens is 388 g/mol. The van der Waals surface area contributed by atoms with Gasteiger partial charge >= 0.3 is 0 Å². The maximum atomic E-state index is 13.5. The SMILES string of the molecule is COc1cc(C)c(C)cc1S(=O)(=O)N1CCNC(=O)C1c1cccc(Cl)c1. The number of hydrogen-bond donors (Lipinski definition) is 1. The van der Waals surface area contributed by atoms with Gasteiger partial charge in [0.15, 0.2) is 0 Å². The summed E-state index contributed by atoms with van der Waals surface area (Å²) < 4.78 is 33.5. The highest BCUT2D eigenvalue weighted by Gasteiger charge is 2.40. The first kappa shape index (κ1) is 19.7. The summed E-state index contributed by atoms with van der Waals surface area (Å²) in [5.41, 5.74) is 2.27. The van der Waals surface area contributed by atoms with E-state index in [-0.39, 0.29) is 29.6 Å². The molecule has 3 rings (SSSR count). The third-order valence-corrected chi connectivity index (χ3v) is 6.82. The molecule has 1 aliphatic rings. The number of carbonyl (C=O) groups excluding carboxylic acids is 1.